The Morgan fingerprint density at radius 1 is 1.38 bits per heavy atom. The molecule has 1 saturated heterocycles. The summed E-state index contributed by atoms with van der Waals surface area (Å²) in [5.41, 5.74) is 3.46. The van der Waals surface area contributed by atoms with E-state index in [4.69, 9.17) is 0 Å². The van der Waals surface area contributed by atoms with Crippen molar-refractivity contribution < 1.29 is 4.79 Å². The van der Waals surface area contributed by atoms with Crippen molar-refractivity contribution in [3.63, 3.8) is 0 Å². The van der Waals surface area contributed by atoms with Crippen LogP contribution in [0.1, 0.15) is 51.7 Å². The van der Waals surface area contributed by atoms with E-state index in [9.17, 15) is 4.79 Å². The maximum Gasteiger partial charge on any atom is 0.255 e. The summed E-state index contributed by atoms with van der Waals surface area (Å²) in [5, 5.41) is 9.14. The molecule has 0 bridgehead atoms. The van der Waals surface area contributed by atoms with Crippen LogP contribution in [0, 0.1) is 0 Å². The average Bonchev–Trinajstić information content (AvgIpc) is 3.25. The topological polar surface area (TPSA) is 49.0 Å². The van der Waals surface area contributed by atoms with Crippen molar-refractivity contribution in [2.75, 3.05) is 13.1 Å². The molecule has 0 radical (unpaired) electrons. The van der Waals surface area contributed by atoms with Crippen LogP contribution in [0.5, 0.6) is 0 Å². The molecule has 21 heavy (non-hydrogen) atoms. The molecule has 1 fully saturated rings. The third kappa shape index (κ3) is 2.29. The molecule has 0 unspecified atom stereocenters. The molecule has 0 spiro atoms. The molecule has 1 aliphatic carbocycles. The number of hydrogen-bond acceptors (Lipinski definition) is 3. The zero-order chi connectivity index (χ0) is 14.2. The van der Waals surface area contributed by atoms with E-state index in [0.717, 1.165) is 43.6 Å². The monoisotopic (exact) mass is 301 g/mol. The van der Waals surface area contributed by atoms with E-state index in [1.807, 2.05) is 11.0 Å². The molecule has 1 aliphatic heterocycles. The molecule has 4 nitrogen and oxygen atoms in total. The summed E-state index contributed by atoms with van der Waals surface area (Å²) in [6, 6.07) is 2.02. The number of amides is 1. The summed E-state index contributed by atoms with van der Waals surface area (Å²) in [4.78, 5) is 16.3. The Morgan fingerprint density at radius 3 is 3.14 bits per heavy atom. The van der Waals surface area contributed by atoms with Gasteiger partial charge in [-0.25, -0.2) is 0 Å². The number of H-pyrrole nitrogens is 1. The number of aryl methyl sites for hydroxylation is 1. The van der Waals surface area contributed by atoms with Crippen molar-refractivity contribution >= 4 is 17.2 Å². The highest BCUT2D eigenvalue weighted by Crippen LogP contribution is 2.33. The summed E-state index contributed by atoms with van der Waals surface area (Å²) in [6.07, 6.45) is 7.55. The molecular formula is C16H19N3OS. The number of nitrogens with one attached hydrogen (secondary N) is 1. The lowest BCUT2D eigenvalue weighted by Gasteiger charge is -2.18. The van der Waals surface area contributed by atoms with Gasteiger partial charge in [0.05, 0.1) is 5.56 Å². The van der Waals surface area contributed by atoms with Crippen LogP contribution in [0.15, 0.2) is 17.6 Å². The van der Waals surface area contributed by atoms with Crippen molar-refractivity contribution in [3.8, 4) is 0 Å². The largest absolute Gasteiger partial charge is 0.338 e. The number of carbonyl (C=O) groups is 1. The zero-order valence-electron chi connectivity index (χ0n) is 12.0. The van der Waals surface area contributed by atoms with Crippen molar-refractivity contribution in [1.29, 1.82) is 0 Å². The second-order valence-electron chi connectivity index (χ2n) is 6.01. The Balaban J connectivity index is 1.52. The summed E-state index contributed by atoms with van der Waals surface area (Å²) in [6.45, 7) is 1.67. The highest BCUT2D eigenvalue weighted by atomic mass is 32.1. The number of carbonyl (C=O) groups excluding carboxylic acids is 1. The van der Waals surface area contributed by atoms with Crippen molar-refractivity contribution in [1.82, 2.24) is 15.1 Å². The van der Waals surface area contributed by atoms with Crippen LogP contribution in [-0.2, 0) is 12.8 Å². The fourth-order valence-electron chi connectivity index (χ4n) is 3.54. The minimum atomic E-state index is 0.233. The highest BCUT2D eigenvalue weighted by Gasteiger charge is 2.31. The summed E-state index contributed by atoms with van der Waals surface area (Å²) in [7, 11) is 0. The second-order valence-corrected chi connectivity index (χ2v) is 6.97. The third-order valence-electron chi connectivity index (χ3n) is 4.73. The first-order valence-electron chi connectivity index (χ1n) is 7.70. The number of thiophene rings is 1. The van der Waals surface area contributed by atoms with Gasteiger partial charge in [-0.05, 0) is 43.7 Å². The Bertz CT molecular complexity index is 647. The van der Waals surface area contributed by atoms with E-state index in [1.165, 1.54) is 23.3 Å². The predicted octanol–water partition coefficient (Wildman–Crippen LogP) is 2.98. The van der Waals surface area contributed by atoms with E-state index in [2.05, 4.69) is 15.6 Å². The van der Waals surface area contributed by atoms with Crippen LogP contribution in [-0.4, -0.2) is 34.1 Å². The van der Waals surface area contributed by atoms with Crippen LogP contribution < -0.4 is 0 Å². The number of aromatic amines is 1. The maximum absolute atomic E-state index is 12.8. The first kappa shape index (κ1) is 13.1. The molecule has 2 aromatic heterocycles. The lowest BCUT2D eigenvalue weighted by Crippen LogP contribution is -2.29. The van der Waals surface area contributed by atoms with Crippen LogP contribution in [0.2, 0.25) is 0 Å². The third-order valence-corrected chi connectivity index (χ3v) is 5.82. The van der Waals surface area contributed by atoms with Gasteiger partial charge in [0, 0.05) is 41.2 Å². The van der Waals surface area contributed by atoms with E-state index in [0.29, 0.717) is 5.92 Å². The van der Waals surface area contributed by atoms with E-state index in [1.54, 1.807) is 17.5 Å². The van der Waals surface area contributed by atoms with Crippen molar-refractivity contribution in [3.05, 3.63) is 39.3 Å². The normalized spacial score (nSPS) is 21.5. The summed E-state index contributed by atoms with van der Waals surface area (Å²) >= 11 is 1.77. The second kappa shape index (κ2) is 5.30. The Labute approximate surface area is 128 Å². The fourth-order valence-corrected chi connectivity index (χ4v) is 4.66. The van der Waals surface area contributed by atoms with Crippen LogP contribution >= 0.6 is 11.3 Å². The standard InChI is InChI=1S/C16H19N3OS/c20-16(13-10-21-15-4-2-1-3-12(13)15)19-8-6-11(9-19)14-5-7-17-18-14/h5,7,10-11H,1-4,6,8-9H2,(H,17,18)/t11-/m0/s1. The molecule has 4 rings (SSSR count). The van der Waals surface area contributed by atoms with Gasteiger partial charge < -0.3 is 4.90 Å². The van der Waals surface area contributed by atoms with Crippen molar-refractivity contribution in [2.24, 2.45) is 0 Å². The molecule has 3 heterocycles. The number of fused-ring (bicyclic) bond motifs is 1. The zero-order valence-corrected chi connectivity index (χ0v) is 12.8. The average molecular weight is 301 g/mol. The Hall–Kier alpha value is -1.62. The van der Waals surface area contributed by atoms with Gasteiger partial charge in [-0.2, -0.15) is 5.10 Å². The molecule has 2 aliphatic rings. The smallest absolute Gasteiger partial charge is 0.255 e. The first-order chi connectivity index (χ1) is 10.3. The summed E-state index contributed by atoms with van der Waals surface area (Å²) in [5.74, 6) is 0.641. The lowest BCUT2D eigenvalue weighted by atomic mass is 9.95. The minimum absolute atomic E-state index is 0.233. The summed E-state index contributed by atoms with van der Waals surface area (Å²) < 4.78 is 0. The minimum Gasteiger partial charge on any atom is -0.338 e. The molecule has 2 aromatic rings. The Kier molecular flexibility index (Phi) is 3.30. The van der Waals surface area contributed by atoms with Gasteiger partial charge in [0.25, 0.3) is 5.91 Å². The van der Waals surface area contributed by atoms with Gasteiger partial charge in [0.2, 0.25) is 0 Å². The van der Waals surface area contributed by atoms with Gasteiger partial charge in [-0.3, -0.25) is 9.89 Å². The number of aromatic nitrogens is 2. The van der Waals surface area contributed by atoms with E-state index in [-0.39, 0.29) is 5.91 Å². The number of likely N-dealkylation sites (tertiary alicyclic amines) is 1. The molecule has 1 N–H and O–H groups in total. The number of hydrogen-bond donors (Lipinski definition) is 1. The van der Waals surface area contributed by atoms with Crippen LogP contribution in [0.25, 0.3) is 0 Å². The molecule has 1 atom stereocenters. The Morgan fingerprint density at radius 2 is 2.29 bits per heavy atom. The molecule has 5 heteroatoms. The predicted molar refractivity (Wildman–Crippen MR) is 82.8 cm³/mol. The van der Waals surface area contributed by atoms with Gasteiger partial charge in [-0.1, -0.05) is 0 Å². The van der Waals surface area contributed by atoms with Crippen LogP contribution in [0.3, 0.4) is 0 Å². The molecule has 0 saturated carbocycles. The fraction of sp³-hybridized carbons (Fsp3) is 0.500. The molecular weight excluding hydrogens is 282 g/mol. The van der Waals surface area contributed by atoms with Gasteiger partial charge >= 0.3 is 0 Å². The van der Waals surface area contributed by atoms with E-state index < -0.39 is 0 Å². The first-order valence-corrected chi connectivity index (χ1v) is 8.58. The molecule has 0 aromatic carbocycles. The van der Waals surface area contributed by atoms with Crippen LogP contribution in [0.4, 0.5) is 0 Å². The highest BCUT2D eigenvalue weighted by molar-refractivity contribution is 7.10. The van der Waals surface area contributed by atoms with Gasteiger partial charge in [-0.15, -0.1) is 11.3 Å². The molecule has 1 amide bonds. The number of nitrogens with zero attached hydrogens (tertiary/aromatic N) is 2. The van der Waals surface area contributed by atoms with Gasteiger partial charge in [0.15, 0.2) is 0 Å². The number of rotatable bonds is 2. The quantitative estimate of drug-likeness (QED) is 0.927. The lowest BCUT2D eigenvalue weighted by molar-refractivity contribution is 0.0790. The maximum atomic E-state index is 12.8. The van der Waals surface area contributed by atoms with Crippen molar-refractivity contribution in [2.45, 2.75) is 38.0 Å². The SMILES string of the molecule is O=C(c1csc2c1CCCC2)N1CC[C@H](c2ccn[nH]2)C1. The van der Waals surface area contributed by atoms with Gasteiger partial charge in [0.1, 0.15) is 0 Å². The van der Waals surface area contributed by atoms with E-state index >= 15 is 0 Å². The molecule has 110 valence electrons.